The van der Waals surface area contributed by atoms with Gasteiger partial charge in [-0.05, 0) is 6.92 Å². The van der Waals surface area contributed by atoms with E-state index in [4.69, 9.17) is 19.3 Å². The fourth-order valence-corrected chi connectivity index (χ4v) is 2.30. The molecule has 6 N–H and O–H groups in total. The van der Waals surface area contributed by atoms with Gasteiger partial charge in [0.05, 0.1) is 12.7 Å². The minimum Gasteiger partial charge on any atom is -0.394 e. The van der Waals surface area contributed by atoms with Crippen molar-refractivity contribution in [2.75, 3.05) is 6.61 Å². The molecule has 0 bridgehead atoms. The second-order valence-corrected chi connectivity index (χ2v) is 5.26. The summed E-state index contributed by atoms with van der Waals surface area (Å²) < 4.78 is 15.5. The quantitative estimate of drug-likeness (QED) is 0.292. The van der Waals surface area contributed by atoms with Crippen LogP contribution in [0.15, 0.2) is 0 Å². The Morgan fingerprint density at radius 3 is 2.38 bits per heavy atom. The summed E-state index contributed by atoms with van der Waals surface area (Å²) in [7, 11) is 0. The first-order valence-electron chi connectivity index (χ1n) is 6.67. The maximum atomic E-state index is 9.89. The number of ether oxygens (including phenoxy) is 3. The van der Waals surface area contributed by atoms with Crippen molar-refractivity contribution in [1.82, 2.24) is 0 Å². The molecule has 0 aromatic heterocycles. The summed E-state index contributed by atoms with van der Waals surface area (Å²) >= 11 is 0. The lowest BCUT2D eigenvalue weighted by molar-refractivity contribution is -0.319. The number of hydrogen-bond acceptors (Lipinski definition) is 9. The number of hydrogen-bond donors (Lipinski definition) is 6. The summed E-state index contributed by atoms with van der Waals surface area (Å²) in [6.45, 7) is 2.09. The van der Waals surface area contributed by atoms with Crippen molar-refractivity contribution in [2.24, 2.45) is 0 Å². The molecule has 2 aliphatic heterocycles. The molecule has 0 saturated carbocycles. The molecule has 1 radical (unpaired) electrons. The third kappa shape index (κ3) is 3.36. The Labute approximate surface area is 121 Å². The van der Waals surface area contributed by atoms with E-state index in [-0.39, 0.29) is 0 Å². The van der Waals surface area contributed by atoms with Gasteiger partial charge in [0.1, 0.15) is 49.3 Å². The van der Waals surface area contributed by atoms with E-state index in [1.165, 1.54) is 6.92 Å². The highest BCUT2D eigenvalue weighted by atomic mass is 18.2. The van der Waals surface area contributed by atoms with Crippen LogP contribution in [0.5, 0.6) is 0 Å². The van der Waals surface area contributed by atoms with Crippen LogP contribution in [0, 0.1) is 6.61 Å². The molecule has 9 nitrogen and oxygen atoms in total. The molecule has 2 rings (SSSR count). The molecular weight excluding hydrogens is 290 g/mol. The van der Waals surface area contributed by atoms with Crippen molar-refractivity contribution < 1.29 is 44.8 Å². The molecule has 0 aromatic carbocycles. The van der Waals surface area contributed by atoms with Crippen LogP contribution >= 0.6 is 0 Å². The van der Waals surface area contributed by atoms with Crippen LogP contribution in [0.4, 0.5) is 0 Å². The van der Waals surface area contributed by atoms with Gasteiger partial charge in [-0.2, -0.15) is 0 Å². The largest absolute Gasteiger partial charge is 0.394 e. The molecule has 0 aliphatic carbocycles. The van der Waals surface area contributed by atoms with Gasteiger partial charge in [0.15, 0.2) is 6.29 Å². The van der Waals surface area contributed by atoms with Crippen LogP contribution in [0.3, 0.4) is 0 Å². The van der Waals surface area contributed by atoms with Crippen molar-refractivity contribution in [3.8, 4) is 0 Å². The molecule has 2 saturated heterocycles. The van der Waals surface area contributed by atoms with Gasteiger partial charge in [-0.1, -0.05) is 0 Å². The van der Waals surface area contributed by atoms with E-state index in [1.54, 1.807) is 0 Å². The van der Waals surface area contributed by atoms with E-state index >= 15 is 0 Å². The summed E-state index contributed by atoms with van der Waals surface area (Å²) in [6.07, 6.45) is -11.2. The Morgan fingerprint density at radius 2 is 1.76 bits per heavy atom. The predicted molar refractivity (Wildman–Crippen MR) is 65.5 cm³/mol. The van der Waals surface area contributed by atoms with Gasteiger partial charge in [0.25, 0.3) is 0 Å². The molecule has 0 unspecified atom stereocenters. The lowest BCUT2D eigenvalue weighted by atomic mass is 9.99. The minimum absolute atomic E-state index is 0.480. The van der Waals surface area contributed by atoms with E-state index < -0.39 is 61.7 Å². The molecule has 2 fully saturated rings. The number of rotatable bonds is 3. The van der Waals surface area contributed by atoms with Crippen LogP contribution < -0.4 is 0 Å². The third-order valence-electron chi connectivity index (χ3n) is 3.73. The predicted octanol–water partition coefficient (Wildman–Crippen LogP) is -3.53. The highest BCUT2D eigenvalue weighted by molar-refractivity contribution is 4.94. The van der Waals surface area contributed by atoms with Gasteiger partial charge < -0.3 is 44.8 Å². The van der Waals surface area contributed by atoms with E-state index in [0.717, 1.165) is 6.61 Å². The molecular formula is C12H21O9. The molecule has 0 spiro atoms. The van der Waals surface area contributed by atoms with Crippen LogP contribution in [-0.2, 0) is 14.2 Å². The van der Waals surface area contributed by atoms with Gasteiger partial charge in [-0.15, -0.1) is 0 Å². The second-order valence-electron chi connectivity index (χ2n) is 5.26. The number of aliphatic hydroxyl groups is 6. The van der Waals surface area contributed by atoms with Crippen molar-refractivity contribution in [3.63, 3.8) is 0 Å². The monoisotopic (exact) mass is 311 g/mol. The first kappa shape index (κ1) is 17.0. The molecule has 123 valence electrons. The van der Waals surface area contributed by atoms with Crippen molar-refractivity contribution >= 4 is 0 Å². The standard InChI is InChI=1S/C12H21O9/c1-4-7(14)10(17)11(18)12(20-4)21-6-3-19-5(2-13)8(15)9(6)16/h3-18H,2H2,1H3/t4-,5+,6-,7+,8-,9+,10+,11-,12-/m0/s1/i18+2. The topological polar surface area (TPSA) is 149 Å². The number of aliphatic hydroxyl groups excluding tert-OH is 6. The van der Waals surface area contributed by atoms with E-state index in [0.29, 0.717) is 0 Å². The Balaban J connectivity index is 1.98. The van der Waals surface area contributed by atoms with E-state index in [1.807, 2.05) is 0 Å². The van der Waals surface area contributed by atoms with Gasteiger partial charge in [0, 0.05) is 0 Å². The summed E-state index contributed by atoms with van der Waals surface area (Å²) in [5.74, 6) is 0. The van der Waals surface area contributed by atoms with Gasteiger partial charge in [-0.25, -0.2) is 0 Å². The van der Waals surface area contributed by atoms with E-state index in [2.05, 4.69) is 0 Å². The lowest BCUT2D eigenvalue weighted by Gasteiger charge is -2.42. The average Bonchev–Trinajstić information content (AvgIpc) is 2.47. The zero-order chi connectivity index (χ0) is 15.7. The lowest BCUT2D eigenvalue weighted by Crippen LogP contribution is -2.60. The molecule has 9 atom stereocenters. The van der Waals surface area contributed by atoms with Crippen LogP contribution in [0.2, 0.25) is 0 Å². The molecule has 2 heterocycles. The SMILES string of the molecule is C[C@@H]1O[C@@H](O[C@H]2[CH]O[C@H](CO)[C@H](O)[C@@H]2O)[C@@H]([18OH])[C@H](O)[C@@H]1O. The fourth-order valence-electron chi connectivity index (χ4n) is 2.30. The highest BCUT2D eigenvalue weighted by Gasteiger charge is 2.46. The Kier molecular flexibility index (Phi) is 5.52. The molecule has 21 heavy (non-hydrogen) atoms. The van der Waals surface area contributed by atoms with Crippen LogP contribution in [-0.4, -0.2) is 92.4 Å². The summed E-state index contributed by atoms with van der Waals surface area (Å²) in [5.41, 5.74) is 0. The first-order chi connectivity index (χ1) is 9.86. The molecule has 9 heteroatoms. The van der Waals surface area contributed by atoms with Crippen molar-refractivity contribution in [3.05, 3.63) is 6.61 Å². The van der Waals surface area contributed by atoms with E-state index in [9.17, 15) is 25.5 Å². The Morgan fingerprint density at radius 1 is 1.10 bits per heavy atom. The third-order valence-corrected chi connectivity index (χ3v) is 3.73. The van der Waals surface area contributed by atoms with Crippen molar-refractivity contribution in [1.29, 1.82) is 0 Å². The van der Waals surface area contributed by atoms with Crippen molar-refractivity contribution in [2.45, 2.75) is 62.0 Å². The van der Waals surface area contributed by atoms with Gasteiger partial charge >= 0.3 is 0 Å². The maximum Gasteiger partial charge on any atom is 0.187 e. The fraction of sp³-hybridized carbons (Fsp3) is 0.917. The molecule has 2 aliphatic rings. The Bertz CT molecular complexity index is 341. The average molecular weight is 311 g/mol. The zero-order valence-corrected chi connectivity index (χ0v) is 11.4. The highest BCUT2D eigenvalue weighted by Crippen LogP contribution is 2.27. The molecule has 0 aromatic rings. The Hall–Kier alpha value is -0.360. The smallest absolute Gasteiger partial charge is 0.187 e. The maximum absolute atomic E-state index is 9.89. The van der Waals surface area contributed by atoms with Crippen LogP contribution in [0.25, 0.3) is 0 Å². The second kappa shape index (κ2) is 6.82. The van der Waals surface area contributed by atoms with Gasteiger partial charge in [0.2, 0.25) is 0 Å². The summed E-state index contributed by atoms with van der Waals surface area (Å²) in [4.78, 5) is 0. The van der Waals surface area contributed by atoms with Gasteiger partial charge in [-0.3, -0.25) is 0 Å². The summed E-state index contributed by atoms with van der Waals surface area (Å²) in [6, 6.07) is 0. The van der Waals surface area contributed by atoms with Crippen LogP contribution in [0.1, 0.15) is 6.92 Å². The minimum atomic E-state index is -1.52. The normalized spacial score (nSPS) is 51.9. The zero-order valence-electron chi connectivity index (χ0n) is 11.4. The molecule has 0 amide bonds. The first-order valence-corrected chi connectivity index (χ1v) is 6.67. The summed E-state index contributed by atoms with van der Waals surface area (Å²) in [5, 5.41) is 57.6.